The second-order valence-corrected chi connectivity index (χ2v) is 13.0. The summed E-state index contributed by atoms with van der Waals surface area (Å²) in [5.41, 5.74) is 5.54. The summed E-state index contributed by atoms with van der Waals surface area (Å²) in [6, 6.07) is 0.971. The highest BCUT2D eigenvalue weighted by atomic mass is 28.4. The van der Waals surface area contributed by atoms with E-state index in [1.54, 1.807) is 0 Å². The lowest BCUT2D eigenvalue weighted by Gasteiger charge is -2.28. The van der Waals surface area contributed by atoms with Crippen LogP contribution in [0.4, 0.5) is 0 Å². The van der Waals surface area contributed by atoms with E-state index < -0.39 is 8.80 Å². The van der Waals surface area contributed by atoms with Crippen molar-refractivity contribution in [2.45, 2.75) is 168 Å². The maximum absolute atomic E-state index is 5.95. The van der Waals surface area contributed by atoms with E-state index in [1.807, 2.05) is 20.8 Å². The van der Waals surface area contributed by atoms with Crippen LogP contribution in [-0.4, -0.2) is 35.2 Å². The van der Waals surface area contributed by atoms with Gasteiger partial charge >= 0.3 is 8.80 Å². The zero-order valence-electron chi connectivity index (χ0n) is 24.4. The van der Waals surface area contributed by atoms with Crippen molar-refractivity contribution in [1.29, 1.82) is 0 Å². The summed E-state index contributed by atoms with van der Waals surface area (Å²) in [6.07, 6.45) is 30.7. The minimum absolute atomic E-state index is 0.684. The second-order valence-electron chi connectivity index (χ2n) is 10.3. The lowest BCUT2D eigenvalue weighted by molar-refractivity contribution is 0.0706. The molecule has 0 saturated carbocycles. The Kier molecular flexibility index (Phi) is 28.7. The third-order valence-corrected chi connectivity index (χ3v) is 10.2. The van der Waals surface area contributed by atoms with Crippen LogP contribution in [0.25, 0.3) is 0 Å². The molecule has 0 aromatic rings. The number of rotatable bonds is 30. The van der Waals surface area contributed by atoms with Crippen molar-refractivity contribution < 1.29 is 13.3 Å². The van der Waals surface area contributed by atoms with Gasteiger partial charge in [-0.05, 0) is 40.2 Å². The number of unbranched alkanes of at least 4 members (excludes halogenated alkanes) is 21. The van der Waals surface area contributed by atoms with Crippen LogP contribution in [0.15, 0.2) is 0 Å². The van der Waals surface area contributed by atoms with Gasteiger partial charge in [-0.3, -0.25) is 0 Å². The molecule has 0 aliphatic carbocycles. The Labute approximate surface area is 222 Å². The van der Waals surface area contributed by atoms with Gasteiger partial charge in [-0.1, -0.05) is 128 Å². The van der Waals surface area contributed by atoms with Gasteiger partial charge in [0.15, 0.2) is 0 Å². The van der Waals surface area contributed by atoms with E-state index in [1.165, 1.54) is 141 Å². The Morgan fingerprint density at radius 3 is 0.829 bits per heavy atom. The average molecular weight is 516 g/mol. The molecule has 0 radical (unpaired) electrons. The van der Waals surface area contributed by atoms with Crippen molar-refractivity contribution in [3.63, 3.8) is 0 Å². The van der Waals surface area contributed by atoms with Crippen LogP contribution in [0.5, 0.6) is 0 Å². The van der Waals surface area contributed by atoms with Gasteiger partial charge < -0.3 is 19.0 Å². The van der Waals surface area contributed by atoms with Crippen LogP contribution in [0, 0.1) is 0 Å². The van der Waals surface area contributed by atoms with Crippen LogP contribution in [0.3, 0.4) is 0 Å². The van der Waals surface area contributed by atoms with E-state index in [4.69, 9.17) is 19.0 Å². The number of nitrogens with two attached hydrogens (primary N) is 1. The molecule has 0 rings (SSSR count). The molecular formula is C30H65NO3Si. The fourth-order valence-electron chi connectivity index (χ4n) is 5.02. The van der Waals surface area contributed by atoms with Crippen LogP contribution >= 0.6 is 0 Å². The van der Waals surface area contributed by atoms with E-state index in [0.717, 1.165) is 12.6 Å². The Balaban J connectivity index is 3.32. The predicted octanol–water partition coefficient (Wildman–Crippen LogP) is 9.58. The second kappa shape index (κ2) is 28.6. The van der Waals surface area contributed by atoms with Crippen molar-refractivity contribution in [1.82, 2.24) is 0 Å². The molecule has 0 amide bonds. The van der Waals surface area contributed by atoms with E-state index in [-0.39, 0.29) is 0 Å². The SMILES string of the molecule is CCO[Si](CCCCCCCCCCCCCCCCCCCCCCCCN)(OCC)OCC. The summed E-state index contributed by atoms with van der Waals surface area (Å²) >= 11 is 0. The zero-order valence-corrected chi connectivity index (χ0v) is 25.4. The molecule has 0 bridgehead atoms. The van der Waals surface area contributed by atoms with Crippen LogP contribution in [-0.2, 0) is 13.3 Å². The Morgan fingerprint density at radius 2 is 0.600 bits per heavy atom. The number of hydrogen-bond acceptors (Lipinski definition) is 4. The van der Waals surface area contributed by atoms with Gasteiger partial charge in [-0.2, -0.15) is 0 Å². The molecule has 4 nitrogen and oxygen atoms in total. The third kappa shape index (κ3) is 24.2. The van der Waals surface area contributed by atoms with E-state index >= 15 is 0 Å². The normalized spacial score (nSPS) is 12.0. The van der Waals surface area contributed by atoms with Gasteiger partial charge in [-0.15, -0.1) is 0 Å². The van der Waals surface area contributed by atoms with Crippen LogP contribution in [0.1, 0.15) is 162 Å². The first-order chi connectivity index (χ1) is 17.2. The molecule has 0 aliphatic heterocycles. The molecule has 0 aromatic heterocycles. The minimum Gasteiger partial charge on any atom is -0.374 e. The molecular weight excluding hydrogens is 450 g/mol. The van der Waals surface area contributed by atoms with E-state index in [9.17, 15) is 0 Å². The summed E-state index contributed by atoms with van der Waals surface area (Å²) < 4.78 is 17.9. The topological polar surface area (TPSA) is 53.7 Å². The van der Waals surface area contributed by atoms with Crippen molar-refractivity contribution in [3.05, 3.63) is 0 Å². The summed E-state index contributed by atoms with van der Waals surface area (Å²) in [4.78, 5) is 0. The van der Waals surface area contributed by atoms with Gasteiger partial charge in [-0.25, -0.2) is 0 Å². The van der Waals surface area contributed by atoms with Gasteiger partial charge in [0.05, 0.1) is 0 Å². The standard InChI is InChI=1S/C30H65NO3Si/c1-4-32-35(33-5-2,34-6-3)30-28-26-24-22-20-18-16-14-12-10-8-7-9-11-13-15-17-19-21-23-25-27-29-31/h4-31H2,1-3H3. The van der Waals surface area contributed by atoms with Crippen molar-refractivity contribution in [2.75, 3.05) is 26.4 Å². The highest BCUT2D eigenvalue weighted by Gasteiger charge is 2.39. The molecule has 0 heterocycles. The summed E-state index contributed by atoms with van der Waals surface area (Å²) in [7, 11) is -2.42. The monoisotopic (exact) mass is 515 g/mol. The highest BCUT2D eigenvalue weighted by Crippen LogP contribution is 2.21. The first kappa shape index (κ1) is 35.1. The molecule has 212 valence electrons. The van der Waals surface area contributed by atoms with Gasteiger partial charge in [0, 0.05) is 25.9 Å². The minimum atomic E-state index is -2.42. The lowest BCUT2D eigenvalue weighted by Crippen LogP contribution is -2.45. The van der Waals surface area contributed by atoms with Crippen molar-refractivity contribution in [3.8, 4) is 0 Å². The van der Waals surface area contributed by atoms with Crippen molar-refractivity contribution in [2.24, 2.45) is 5.73 Å². The molecule has 0 atom stereocenters. The quantitative estimate of drug-likeness (QED) is 0.0764. The summed E-state index contributed by atoms with van der Waals surface area (Å²) in [5.74, 6) is 0. The van der Waals surface area contributed by atoms with Gasteiger partial charge in [0.2, 0.25) is 0 Å². The Morgan fingerprint density at radius 1 is 0.371 bits per heavy atom. The van der Waals surface area contributed by atoms with Gasteiger partial charge in [0.1, 0.15) is 0 Å². The van der Waals surface area contributed by atoms with Gasteiger partial charge in [0.25, 0.3) is 0 Å². The Bertz CT molecular complexity index is 381. The Hall–Kier alpha value is 0.0569. The van der Waals surface area contributed by atoms with E-state index in [0.29, 0.717) is 19.8 Å². The summed E-state index contributed by atoms with van der Waals surface area (Å²) in [5, 5.41) is 0. The molecule has 0 fully saturated rings. The molecule has 0 aliphatic rings. The highest BCUT2D eigenvalue weighted by molar-refractivity contribution is 6.60. The molecule has 0 saturated heterocycles. The maximum Gasteiger partial charge on any atom is 0.500 e. The molecule has 35 heavy (non-hydrogen) atoms. The molecule has 0 spiro atoms. The van der Waals surface area contributed by atoms with Crippen molar-refractivity contribution >= 4 is 8.80 Å². The first-order valence-corrected chi connectivity index (χ1v) is 17.8. The zero-order chi connectivity index (χ0) is 25.7. The maximum atomic E-state index is 5.95. The third-order valence-electron chi connectivity index (χ3n) is 7.03. The number of hydrogen-bond donors (Lipinski definition) is 1. The summed E-state index contributed by atoms with van der Waals surface area (Å²) in [6.45, 7) is 9.03. The predicted molar refractivity (Wildman–Crippen MR) is 156 cm³/mol. The largest absolute Gasteiger partial charge is 0.500 e. The fraction of sp³-hybridized carbons (Fsp3) is 1.00. The molecule has 2 N–H and O–H groups in total. The molecule has 0 unspecified atom stereocenters. The fourth-order valence-corrected chi connectivity index (χ4v) is 7.71. The molecule has 5 heteroatoms. The van der Waals surface area contributed by atoms with E-state index in [2.05, 4.69) is 0 Å². The van der Waals surface area contributed by atoms with Crippen LogP contribution < -0.4 is 5.73 Å². The smallest absolute Gasteiger partial charge is 0.374 e. The van der Waals surface area contributed by atoms with Crippen LogP contribution in [0.2, 0.25) is 6.04 Å². The first-order valence-electron chi connectivity index (χ1n) is 15.9. The average Bonchev–Trinajstić information content (AvgIpc) is 2.85. The lowest BCUT2D eigenvalue weighted by atomic mass is 10.0. The molecule has 0 aromatic carbocycles.